The van der Waals surface area contributed by atoms with E-state index in [1.165, 1.54) is 12.1 Å². The minimum atomic E-state index is -4.90. The van der Waals surface area contributed by atoms with Crippen molar-refractivity contribution in [2.24, 2.45) is 20.5 Å². The summed E-state index contributed by atoms with van der Waals surface area (Å²) in [7, 11) is 0. The second-order valence-corrected chi connectivity index (χ2v) is 6.37. The highest BCUT2D eigenvalue weighted by Crippen LogP contribution is 2.26. The molecule has 0 atom stereocenters. The molecule has 0 aliphatic heterocycles. The zero-order chi connectivity index (χ0) is 22.3. The molecule has 0 saturated carbocycles. The summed E-state index contributed by atoms with van der Waals surface area (Å²) in [5, 5.41) is 19.5. The van der Waals surface area contributed by atoms with E-state index in [0.29, 0.717) is 17.1 Å². The minimum absolute atomic E-state index is 0.323. The fourth-order valence-corrected chi connectivity index (χ4v) is 2.51. The molecular weight excluding hydrogens is 407 g/mol. The van der Waals surface area contributed by atoms with E-state index in [0.717, 1.165) is 30.1 Å². The first-order valence-corrected chi connectivity index (χ1v) is 9.34. The number of ketones is 1. The Morgan fingerprint density at radius 3 is 1.42 bits per heavy atom. The predicted octanol–water partition coefficient (Wildman–Crippen LogP) is 7.69. The summed E-state index contributed by atoms with van der Waals surface area (Å²) in [5.74, 6) is -1.89. The molecule has 6 nitrogen and oxygen atoms in total. The molecule has 0 saturated heterocycles. The van der Waals surface area contributed by atoms with Crippen LogP contribution in [0.4, 0.5) is 41.6 Å². The molecule has 0 radical (unpaired) electrons. The lowest BCUT2D eigenvalue weighted by Crippen LogP contribution is -2.22. The number of nitrogens with zero attached hydrogens (tertiary/aromatic N) is 4. The molecular formula is C22H18F3N5O. The van der Waals surface area contributed by atoms with Gasteiger partial charge in [-0.2, -0.15) is 33.6 Å². The average Bonchev–Trinajstić information content (AvgIpc) is 2.77. The Bertz CT molecular complexity index is 1070. The topological polar surface area (TPSA) is 78.5 Å². The van der Waals surface area contributed by atoms with E-state index < -0.39 is 17.5 Å². The number of anilines is 1. The van der Waals surface area contributed by atoms with E-state index >= 15 is 0 Å². The Hall–Kier alpha value is -3.88. The molecule has 1 N–H and O–H groups in total. The van der Waals surface area contributed by atoms with E-state index in [4.69, 9.17) is 0 Å². The number of alkyl halides is 3. The number of hydrogen-bond donors (Lipinski definition) is 1. The molecule has 3 aromatic carbocycles. The van der Waals surface area contributed by atoms with Crippen LogP contribution in [-0.2, 0) is 0 Å². The van der Waals surface area contributed by atoms with Gasteiger partial charge in [0.1, 0.15) is 0 Å². The van der Waals surface area contributed by atoms with Crippen LogP contribution in [0.2, 0.25) is 0 Å². The lowest BCUT2D eigenvalue weighted by atomic mass is 10.1. The lowest BCUT2D eigenvalue weighted by Gasteiger charge is -2.04. The van der Waals surface area contributed by atoms with Gasteiger partial charge in [0.2, 0.25) is 0 Å². The van der Waals surface area contributed by atoms with Crippen LogP contribution in [0.5, 0.6) is 0 Å². The van der Waals surface area contributed by atoms with Crippen LogP contribution < -0.4 is 5.32 Å². The SMILES string of the molecule is CCNc1ccc(N=Nc2ccc(N=Nc3ccc(C(=O)C(F)(F)F)cc3)cc2)cc1. The standard InChI is InChI=1S/C22H18F3N5O/c1-2-26-16-7-9-18(10-8-16)28-30-20-13-11-19(12-14-20)29-27-17-5-3-15(4-6-17)21(31)22(23,24)25/h3-14,26H,2H2,1H3. The second kappa shape index (κ2) is 9.75. The van der Waals surface area contributed by atoms with Crippen molar-refractivity contribution in [3.63, 3.8) is 0 Å². The molecule has 0 aliphatic rings. The first-order valence-electron chi connectivity index (χ1n) is 9.34. The Balaban J connectivity index is 1.61. The first kappa shape index (κ1) is 21.8. The van der Waals surface area contributed by atoms with E-state index in [9.17, 15) is 18.0 Å². The zero-order valence-corrected chi connectivity index (χ0v) is 16.5. The molecule has 0 spiro atoms. The fraction of sp³-hybridized carbons (Fsp3) is 0.136. The Morgan fingerprint density at radius 1 is 0.710 bits per heavy atom. The van der Waals surface area contributed by atoms with Gasteiger partial charge in [-0.05, 0) is 79.7 Å². The highest BCUT2D eigenvalue weighted by atomic mass is 19.4. The number of carbonyl (C=O) groups is 1. The number of nitrogens with one attached hydrogen (secondary N) is 1. The van der Waals surface area contributed by atoms with Gasteiger partial charge in [0.05, 0.1) is 22.7 Å². The molecule has 0 heterocycles. The van der Waals surface area contributed by atoms with Crippen LogP contribution in [0.1, 0.15) is 17.3 Å². The third-order valence-corrected chi connectivity index (χ3v) is 4.05. The summed E-state index contributed by atoms with van der Waals surface area (Å²) in [6.07, 6.45) is -4.90. The van der Waals surface area contributed by atoms with E-state index in [-0.39, 0.29) is 0 Å². The number of benzene rings is 3. The van der Waals surface area contributed by atoms with Crippen LogP contribution in [0.25, 0.3) is 0 Å². The number of rotatable bonds is 7. The lowest BCUT2D eigenvalue weighted by molar-refractivity contribution is -0.0885. The molecule has 3 rings (SSSR count). The smallest absolute Gasteiger partial charge is 0.385 e. The van der Waals surface area contributed by atoms with Crippen molar-refractivity contribution in [3.05, 3.63) is 78.4 Å². The third kappa shape index (κ3) is 6.30. The normalized spacial score (nSPS) is 11.9. The van der Waals surface area contributed by atoms with Crippen LogP contribution in [-0.4, -0.2) is 18.5 Å². The van der Waals surface area contributed by atoms with Gasteiger partial charge in [0.25, 0.3) is 5.78 Å². The molecule has 3 aromatic rings. The quantitative estimate of drug-likeness (QED) is 0.311. The molecule has 0 fully saturated rings. The van der Waals surface area contributed by atoms with Crippen LogP contribution >= 0.6 is 0 Å². The van der Waals surface area contributed by atoms with Crippen molar-refractivity contribution < 1.29 is 18.0 Å². The Morgan fingerprint density at radius 2 is 1.06 bits per heavy atom. The fourth-order valence-electron chi connectivity index (χ4n) is 2.51. The molecule has 0 amide bonds. The number of azo groups is 2. The third-order valence-electron chi connectivity index (χ3n) is 4.05. The van der Waals surface area contributed by atoms with Crippen LogP contribution in [0.15, 0.2) is 93.3 Å². The summed E-state index contributed by atoms with van der Waals surface area (Å²) in [6.45, 7) is 2.86. The Labute approximate surface area is 176 Å². The van der Waals surface area contributed by atoms with Crippen molar-refractivity contribution in [1.82, 2.24) is 0 Å². The van der Waals surface area contributed by atoms with Gasteiger partial charge >= 0.3 is 6.18 Å². The first-order chi connectivity index (χ1) is 14.8. The largest absolute Gasteiger partial charge is 0.454 e. The van der Waals surface area contributed by atoms with Crippen LogP contribution in [0, 0.1) is 0 Å². The number of Topliss-reactive ketones (excluding diaryl/α,β-unsaturated/α-hetero) is 1. The zero-order valence-electron chi connectivity index (χ0n) is 16.5. The van der Waals surface area contributed by atoms with Crippen molar-refractivity contribution in [2.45, 2.75) is 13.1 Å². The summed E-state index contributed by atoms with van der Waals surface area (Å²) in [6, 6.07) is 19.1. The number of hydrogen-bond acceptors (Lipinski definition) is 6. The van der Waals surface area contributed by atoms with Crippen molar-refractivity contribution in [2.75, 3.05) is 11.9 Å². The summed E-state index contributed by atoms with van der Waals surface area (Å²) >= 11 is 0. The predicted molar refractivity (Wildman–Crippen MR) is 112 cm³/mol. The maximum Gasteiger partial charge on any atom is 0.454 e. The Kier molecular flexibility index (Phi) is 6.86. The molecule has 0 bridgehead atoms. The number of carbonyl (C=O) groups excluding carboxylic acids is 1. The monoisotopic (exact) mass is 425 g/mol. The van der Waals surface area contributed by atoms with Crippen molar-refractivity contribution >= 4 is 34.2 Å². The maximum atomic E-state index is 12.4. The molecule has 158 valence electrons. The highest BCUT2D eigenvalue weighted by molar-refractivity contribution is 6.00. The van der Waals surface area contributed by atoms with Crippen molar-refractivity contribution in [1.29, 1.82) is 0 Å². The van der Waals surface area contributed by atoms with Crippen LogP contribution in [0.3, 0.4) is 0 Å². The number of halogens is 3. The minimum Gasteiger partial charge on any atom is -0.385 e. The average molecular weight is 425 g/mol. The molecule has 9 heteroatoms. The molecule has 0 unspecified atom stereocenters. The van der Waals surface area contributed by atoms with E-state index in [1.807, 2.05) is 31.2 Å². The van der Waals surface area contributed by atoms with Gasteiger partial charge in [-0.1, -0.05) is 0 Å². The van der Waals surface area contributed by atoms with Gasteiger partial charge in [0, 0.05) is 17.8 Å². The van der Waals surface area contributed by atoms with Crippen molar-refractivity contribution in [3.8, 4) is 0 Å². The van der Waals surface area contributed by atoms with Gasteiger partial charge in [0.15, 0.2) is 0 Å². The summed E-state index contributed by atoms with van der Waals surface area (Å²) in [4.78, 5) is 11.2. The van der Waals surface area contributed by atoms with E-state index in [1.54, 1.807) is 24.3 Å². The summed E-state index contributed by atoms with van der Waals surface area (Å²) in [5.41, 5.74) is 2.77. The molecule has 0 aromatic heterocycles. The van der Waals surface area contributed by atoms with Gasteiger partial charge in [-0.15, -0.1) is 0 Å². The maximum absolute atomic E-state index is 12.4. The van der Waals surface area contributed by atoms with Gasteiger partial charge in [-0.3, -0.25) is 4.79 Å². The van der Waals surface area contributed by atoms with E-state index in [2.05, 4.69) is 25.8 Å². The molecule has 0 aliphatic carbocycles. The molecule has 31 heavy (non-hydrogen) atoms. The highest BCUT2D eigenvalue weighted by Gasteiger charge is 2.39. The van der Waals surface area contributed by atoms with Gasteiger partial charge in [-0.25, -0.2) is 0 Å². The summed E-state index contributed by atoms with van der Waals surface area (Å²) < 4.78 is 37.3. The second-order valence-electron chi connectivity index (χ2n) is 6.37. The van der Waals surface area contributed by atoms with Gasteiger partial charge < -0.3 is 5.32 Å².